The van der Waals surface area contributed by atoms with Crippen LogP contribution in [0.4, 0.5) is 5.69 Å². The van der Waals surface area contributed by atoms with Crippen LogP contribution < -0.4 is 10.1 Å². The van der Waals surface area contributed by atoms with Gasteiger partial charge in [-0.25, -0.2) is 4.98 Å². The maximum atomic E-state index is 12.6. The van der Waals surface area contributed by atoms with Crippen LogP contribution >= 0.6 is 0 Å². The SMILES string of the molecule is CCCCC[C@](C)(OCC)C(=O)Nc1ccc(OCCC)nc1. The zero-order chi connectivity index (χ0) is 17.1. The number of carbonyl (C=O) groups excluding carboxylic acids is 1. The zero-order valence-corrected chi connectivity index (χ0v) is 14.9. The Balaban J connectivity index is 2.66. The van der Waals surface area contributed by atoms with Crippen LogP contribution in [0.1, 0.15) is 59.8 Å². The molecule has 1 rings (SSSR count). The Labute approximate surface area is 139 Å². The van der Waals surface area contributed by atoms with Gasteiger partial charge in [-0.15, -0.1) is 0 Å². The van der Waals surface area contributed by atoms with Gasteiger partial charge in [0.05, 0.1) is 18.5 Å². The van der Waals surface area contributed by atoms with Gasteiger partial charge in [0.1, 0.15) is 5.60 Å². The van der Waals surface area contributed by atoms with Gasteiger partial charge in [-0.2, -0.15) is 0 Å². The number of unbranched alkanes of at least 4 members (excludes halogenated alkanes) is 2. The molecular weight excluding hydrogens is 292 g/mol. The van der Waals surface area contributed by atoms with Crippen molar-refractivity contribution in [3.8, 4) is 5.88 Å². The second kappa shape index (κ2) is 10.2. The lowest BCUT2D eigenvalue weighted by Gasteiger charge is -2.28. The predicted molar refractivity (Wildman–Crippen MR) is 92.8 cm³/mol. The maximum Gasteiger partial charge on any atom is 0.256 e. The summed E-state index contributed by atoms with van der Waals surface area (Å²) in [5.74, 6) is 0.444. The Morgan fingerprint density at radius 3 is 2.57 bits per heavy atom. The van der Waals surface area contributed by atoms with Crippen LogP contribution in [0.2, 0.25) is 0 Å². The van der Waals surface area contributed by atoms with E-state index in [4.69, 9.17) is 9.47 Å². The van der Waals surface area contributed by atoms with Crippen LogP contribution in [0.3, 0.4) is 0 Å². The Morgan fingerprint density at radius 2 is 2.00 bits per heavy atom. The summed E-state index contributed by atoms with van der Waals surface area (Å²) in [5, 5.41) is 2.90. The predicted octanol–water partition coefficient (Wildman–Crippen LogP) is 4.18. The number of amides is 1. The standard InChI is InChI=1S/C18H30N2O3/c1-5-8-9-12-18(4,23-7-3)17(21)20-15-10-11-16(19-14-15)22-13-6-2/h10-11,14H,5-9,12-13H2,1-4H3,(H,20,21)/t18-/m0/s1. The highest BCUT2D eigenvalue weighted by atomic mass is 16.5. The van der Waals surface area contributed by atoms with E-state index in [0.717, 1.165) is 25.7 Å². The Morgan fingerprint density at radius 1 is 1.22 bits per heavy atom. The van der Waals surface area contributed by atoms with Gasteiger partial charge in [0, 0.05) is 12.7 Å². The average Bonchev–Trinajstić information content (AvgIpc) is 2.54. The highest BCUT2D eigenvalue weighted by Crippen LogP contribution is 2.22. The van der Waals surface area contributed by atoms with Crippen molar-refractivity contribution in [1.82, 2.24) is 4.98 Å². The van der Waals surface area contributed by atoms with Crippen LogP contribution in [-0.2, 0) is 9.53 Å². The highest BCUT2D eigenvalue weighted by Gasteiger charge is 2.33. The first-order chi connectivity index (χ1) is 11.1. The molecule has 0 saturated carbocycles. The van der Waals surface area contributed by atoms with Crippen molar-refractivity contribution in [2.75, 3.05) is 18.5 Å². The van der Waals surface area contributed by atoms with Gasteiger partial charge < -0.3 is 14.8 Å². The highest BCUT2D eigenvalue weighted by molar-refractivity contribution is 5.96. The molecule has 1 aromatic heterocycles. The second-order valence-corrected chi connectivity index (χ2v) is 5.81. The van der Waals surface area contributed by atoms with E-state index >= 15 is 0 Å². The summed E-state index contributed by atoms with van der Waals surface area (Å²) in [5.41, 5.74) is -0.151. The maximum absolute atomic E-state index is 12.6. The third-order valence-corrected chi connectivity index (χ3v) is 3.65. The van der Waals surface area contributed by atoms with E-state index in [9.17, 15) is 4.79 Å². The van der Waals surface area contributed by atoms with E-state index in [1.807, 2.05) is 20.8 Å². The molecule has 0 bridgehead atoms. The van der Waals surface area contributed by atoms with Gasteiger partial charge in [-0.1, -0.05) is 33.1 Å². The fourth-order valence-corrected chi connectivity index (χ4v) is 2.29. The van der Waals surface area contributed by atoms with Crippen molar-refractivity contribution in [3.05, 3.63) is 18.3 Å². The smallest absolute Gasteiger partial charge is 0.256 e. The van der Waals surface area contributed by atoms with E-state index in [1.54, 1.807) is 18.3 Å². The molecular formula is C18H30N2O3. The van der Waals surface area contributed by atoms with E-state index in [0.29, 0.717) is 31.2 Å². The number of pyridine rings is 1. The lowest BCUT2D eigenvalue weighted by Crippen LogP contribution is -2.42. The molecule has 0 aliphatic carbocycles. The average molecular weight is 322 g/mol. The summed E-state index contributed by atoms with van der Waals surface area (Å²) in [6.07, 6.45) is 6.45. The largest absolute Gasteiger partial charge is 0.478 e. The van der Waals surface area contributed by atoms with Crippen LogP contribution in [0.25, 0.3) is 0 Å². The van der Waals surface area contributed by atoms with Gasteiger partial charge >= 0.3 is 0 Å². The molecule has 5 heteroatoms. The lowest BCUT2D eigenvalue weighted by atomic mass is 9.96. The molecule has 1 amide bonds. The molecule has 0 fully saturated rings. The van der Waals surface area contributed by atoms with E-state index in [2.05, 4.69) is 17.2 Å². The van der Waals surface area contributed by atoms with Crippen LogP contribution in [0.15, 0.2) is 18.3 Å². The molecule has 0 radical (unpaired) electrons. The van der Waals surface area contributed by atoms with Crippen LogP contribution in [0.5, 0.6) is 5.88 Å². The number of carbonyl (C=O) groups is 1. The minimum Gasteiger partial charge on any atom is -0.478 e. The van der Waals surface area contributed by atoms with Crippen molar-refractivity contribution in [1.29, 1.82) is 0 Å². The monoisotopic (exact) mass is 322 g/mol. The molecule has 0 saturated heterocycles. The first kappa shape index (κ1) is 19.4. The second-order valence-electron chi connectivity index (χ2n) is 5.81. The summed E-state index contributed by atoms with van der Waals surface area (Å²) >= 11 is 0. The summed E-state index contributed by atoms with van der Waals surface area (Å²) in [6, 6.07) is 3.56. The summed E-state index contributed by atoms with van der Waals surface area (Å²) in [4.78, 5) is 16.8. The van der Waals surface area contributed by atoms with Gasteiger partial charge in [0.25, 0.3) is 5.91 Å². The van der Waals surface area contributed by atoms with Crippen LogP contribution in [-0.4, -0.2) is 29.7 Å². The summed E-state index contributed by atoms with van der Waals surface area (Å²) in [6.45, 7) is 9.10. The zero-order valence-electron chi connectivity index (χ0n) is 14.9. The van der Waals surface area contributed by atoms with Crippen LogP contribution in [0, 0.1) is 0 Å². The summed E-state index contributed by atoms with van der Waals surface area (Å²) in [7, 11) is 0. The topological polar surface area (TPSA) is 60.5 Å². The van der Waals surface area contributed by atoms with Crippen molar-refractivity contribution in [2.24, 2.45) is 0 Å². The van der Waals surface area contributed by atoms with Crippen molar-refractivity contribution < 1.29 is 14.3 Å². The number of rotatable bonds is 11. The number of hydrogen-bond donors (Lipinski definition) is 1. The molecule has 0 aliphatic rings. The number of nitrogens with one attached hydrogen (secondary N) is 1. The summed E-state index contributed by atoms with van der Waals surface area (Å²) < 4.78 is 11.2. The van der Waals surface area contributed by atoms with Gasteiger partial charge in [0.2, 0.25) is 5.88 Å². The Bertz CT molecular complexity index is 462. The van der Waals surface area contributed by atoms with Gasteiger partial charge in [-0.05, 0) is 32.8 Å². The van der Waals surface area contributed by atoms with Crippen molar-refractivity contribution in [2.45, 2.75) is 65.4 Å². The van der Waals surface area contributed by atoms with E-state index in [-0.39, 0.29) is 5.91 Å². The molecule has 1 heterocycles. The quantitative estimate of drug-likeness (QED) is 0.621. The molecule has 0 unspecified atom stereocenters. The minimum absolute atomic E-state index is 0.125. The first-order valence-electron chi connectivity index (χ1n) is 8.60. The fraction of sp³-hybridized carbons (Fsp3) is 0.667. The molecule has 0 spiro atoms. The molecule has 23 heavy (non-hydrogen) atoms. The molecule has 0 aromatic carbocycles. The molecule has 5 nitrogen and oxygen atoms in total. The van der Waals surface area contributed by atoms with E-state index in [1.165, 1.54) is 0 Å². The van der Waals surface area contributed by atoms with Crippen molar-refractivity contribution >= 4 is 11.6 Å². The minimum atomic E-state index is -0.804. The molecule has 130 valence electrons. The Hall–Kier alpha value is -1.62. The Kier molecular flexibility index (Phi) is 8.62. The molecule has 1 aromatic rings. The number of aromatic nitrogens is 1. The fourth-order valence-electron chi connectivity index (χ4n) is 2.29. The first-order valence-corrected chi connectivity index (χ1v) is 8.60. The van der Waals surface area contributed by atoms with E-state index < -0.39 is 5.60 Å². The number of hydrogen-bond acceptors (Lipinski definition) is 4. The lowest BCUT2D eigenvalue weighted by molar-refractivity contribution is -0.139. The number of ether oxygens (including phenoxy) is 2. The number of anilines is 1. The normalized spacial score (nSPS) is 13.4. The van der Waals surface area contributed by atoms with Crippen molar-refractivity contribution in [3.63, 3.8) is 0 Å². The molecule has 0 aliphatic heterocycles. The molecule has 1 N–H and O–H groups in total. The number of nitrogens with zero attached hydrogens (tertiary/aromatic N) is 1. The van der Waals surface area contributed by atoms with Gasteiger partial charge in [0.15, 0.2) is 0 Å². The third-order valence-electron chi connectivity index (χ3n) is 3.65. The molecule has 1 atom stereocenters. The van der Waals surface area contributed by atoms with Gasteiger partial charge in [-0.3, -0.25) is 4.79 Å². The third kappa shape index (κ3) is 6.57.